The number of amides is 15. The SMILES string of the molecule is CC[C@H](C)[C@H](NC(=O)[C@H](C)NC(=O)[C@H](CCC(=O)O)NC(=O)[C@H](CS)NC(=O)[C@@H](NC(=O)CNC(=O)[C@@H]1CCCN1)[C@@H](C)O)C(=O)N[C@@H](CS)C(=O)N[C@@H](C)C(=O)N[C@@H](Cc1ccc(O)cc1)C(=O)N[C@@H](C)C(=O)N[C@@H](C)C(=O)N[C@@H](CS)C(=O)N[C@H](C(=O)NCC(=O)N[C@@H](CS)C(=O)O)[C@@H](C)O. The summed E-state index contributed by atoms with van der Waals surface area (Å²) in [6, 6.07) is -14.7. The summed E-state index contributed by atoms with van der Waals surface area (Å²) in [5.74, 6) is -19.3. The van der Waals surface area contributed by atoms with Crippen LogP contribution in [0.25, 0.3) is 0 Å². The molecule has 0 saturated carbocycles. The van der Waals surface area contributed by atoms with E-state index in [9.17, 15) is 102 Å². The zero-order valence-corrected chi connectivity index (χ0v) is 61.4. The normalized spacial score (nSPS) is 17.1. The molecule has 0 spiro atoms. The van der Waals surface area contributed by atoms with Gasteiger partial charge < -0.3 is 111 Å². The highest BCUT2D eigenvalue weighted by Gasteiger charge is 2.37. The smallest absolute Gasteiger partial charge is 0.327 e. The van der Waals surface area contributed by atoms with Crippen LogP contribution in [-0.2, 0) is 87.9 Å². The van der Waals surface area contributed by atoms with E-state index in [0.29, 0.717) is 18.5 Å². The van der Waals surface area contributed by atoms with Gasteiger partial charge in [0.25, 0.3) is 0 Å². The fourth-order valence-corrected chi connectivity index (χ4v) is 10.3. The van der Waals surface area contributed by atoms with Gasteiger partial charge in [0.2, 0.25) is 88.6 Å². The van der Waals surface area contributed by atoms with Crippen LogP contribution in [0.15, 0.2) is 24.3 Å². The van der Waals surface area contributed by atoms with Crippen molar-refractivity contribution >= 4 is 151 Å². The lowest BCUT2D eigenvalue weighted by Gasteiger charge is -2.28. The van der Waals surface area contributed by atoms with Crippen LogP contribution in [0.3, 0.4) is 0 Å². The molecule has 1 fully saturated rings. The van der Waals surface area contributed by atoms with Crippen molar-refractivity contribution in [3.8, 4) is 5.75 Å². The van der Waals surface area contributed by atoms with Crippen molar-refractivity contribution in [1.29, 1.82) is 0 Å². The standard InChI is InChI=1S/C61H96N16O22S4/c1-9-26(2)45(76-51(88)30(6)66-53(90)36(16-17-44(83)84)70-56(93)39(23-101)74-60(97)47(32(8)79)75-43(82)21-63-52(89)35-11-10-18-62-35)59(96)73-38(22-100)55(92)68-29(5)49(86)71-37(19-33-12-14-34(80)15-13-33)54(91)67-27(3)48(85)65-28(4)50(87)72-40(24-102)57(94)77-46(31(7)78)58(95)64-20-42(81)69-41(25-103)61(98)99/h12-15,26-32,35-41,45-47,62,78-80,100-103H,9-11,16-25H2,1-8H3,(H,63,89)(H,64,95)(H,65,85)(H,66,90)(H,67,91)(H,68,92)(H,69,81)(H,70,93)(H,71,86)(H,72,87)(H,73,96)(H,74,97)(H,75,82)(H,76,88)(H,77,94)(H,83,84)(H,98,99)/t26-,27-,28-,29-,30-,31+,32+,35-,36-,37-,38-,39-,40-,41-,45-,46-,47-/m0/s1. The summed E-state index contributed by atoms with van der Waals surface area (Å²) in [5, 5.41) is 87.4. The highest BCUT2D eigenvalue weighted by Crippen LogP contribution is 2.14. The Kier molecular flexibility index (Phi) is 39.8. The van der Waals surface area contributed by atoms with Crippen molar-refractivity contribution in [2.45, 2.75) is 191 Å². The molecule has 103 heavy (non-hydrogen) atoms. The number of hydrogen-bond donors (Lipinski definition) is 25. The van der Waals surface area contributed by atoms with Gasteiger partial charge in [-0.2, -0.15) is 50.5 Å². The van der Waals surface area contributed by atoms with Gasteiger partial charge in [0.1, 0.15) is 84.3 Å². The molecule has 1 aliphatic heterocycles. The lowest BCUT2D eigenvalue weighted by molar-refractivity contribution is -0.141. The molecule has 0 bridgehead atoms. The van der Waals surface area contributed by atoms with E-state index in [1.165, 1.54) is 58.9 Å². The number of nitrogens with one attached hydrogen (secondary N) is 16. The maximum atomic E-state index is 14.0. The lowest BCUT2D eigenvalue weighted by atomic mass is 9.97. The number of aliphatic hydroxyl groups is 2. The quantitative estimate of drug-likeness (QED) is 0.0270. The van der Waals surface area contributed by atoms with Gasteiger partial charge in [-0.15, -0.1) is 0 Å². The molecule has 42 heteroatoms. The molecule has 1 aromatic rings. The Morgan fingerprint density at radius 2 is 0.825 bits per heavy atom. The molecule has 15 amide bonds. The van der Waals surface area contributed by atoms with E-state index in [-0.39, 0.29) is 35.8 Å². The Hall–Kier alpha value is -8.71. The van der Waals surface area contributed by atoms with E-state index in [1.807, 2.05) is 0 Å². The average Bonchev–Trinajstić information content (AvgIpc) is 1.37. The third-order valence-electron chi connectivity index (χ3n) is 15.7. The van der Waals surface area contributed by atoms with E-state index >= 15 is 0 Å². The van der Waals surface area contributed by atoms with Crippen molar-refractivity contribution in [1.82, 2.24) is 85.1 Å². The molecule has 0 unspecified atom stereocenters. The monoisotopic (exact) mass is 1530 g/mol. The number of benzene rings is 1. The average molecular weight is 1530 g/mol. The number of carbonyl (C=O) groups is 17. The van der Waals surface area contributed by atoms with Gasteiger partial charge in [-0.05, 0) is 91.0 Å². The summed E-state index contributed by atoms with van der Waals surface area (Å²) in [5.41, 5.74) is 0.389. The van der Waals surface area contributed by atoms with Gasteiger partial charge in [0, 0.05) is 35.9 Å². The minimum absolute atomic E-state index is 0.142. The maximum absolute atomic E-state index is 14.0. The predicted molar refractivity (Wildman–Crippen MR) is 379 cm³/mol. The number of hydrogen-bond acceptors (Lipinski definition) is 25. The molecule has 17 atom stereocenters. The zero-order chi connectivity index (χ0) is 78.1. The summed E-state index contributed by atoms with van der Waals surface area (Å²) in [6.07, 6.45) is -3.03. The molecule has 38 nitrogen and oxygen atoms in total. The number of aliphatic carboxylic acids is 2. The van der Waals surface area contributed by atoms with Gasteiger partial charge in [-0.1, -0.05) is 32.4 Å². The van der Waals surface area contributed by atoms with Crippen molar-refractivity contribution < 1.29 is 107 Å². The van der Waals surface area contributed by atoms with Crippen molar-refractivity contribution in [2.75, 3.05) is 42.6 Å². The van der Waals surface area contributed by atoms with Crippen molar-refractivity contribution in [3.63, 3.8) is 0 Å². The number of aromatic hydroxyl groups is 1. The van der Waals surface area contributed by atoms with E-state index in [0.717, 1.165) is 13.3 Å². The first-order valence-electron chi connectivity index (χ1n) is 32.6. The second kappa shape index (κ2) is 45.4. The Bertz CT molecular complexity index is 3170. The second-order valence-corrected chi connectivity index (χ2v) is 25.6. The van der Waals surface area contributed by atoms with E-state index in [2.05, 4.69) is 136 Å². The minimum atomic E-state index is -1.69. The summed E-state index contributed by atoms with van der Waals surface area (Å²) in [4.78, 5) is 223. The first kappa shape index (κ1) is 90.4. The number of phenols is 1. The molecule has 0 radical (unpaired) electrons. The molecule has 2 rings (SSSR count). The number of carbonyl (C=O) groups excluding carboxylic acids is 15. The molecule has 1 aromatic carbocycles. The summed E-state index contributed by atoms with van der Waals surface area (Å²) >= 11 is 16.3. The largest absolute Gasteiger partial charge is 0.508 e. The fourth-order valence-electron chi connectivity index (χ4n) is 9.30. The number of carboxylic acids is 2. The van der Waals surface area contributed by atoms with Crippen LogP contribution in [0.4, 0.5) is 0 Å². The lowest BCUT2D eigenvalue weighted by Crippen LogP contribution is -2.61. The molecule has 0 aliphatic carbocycles. The van der Waals surface area contributed by atoms with Crippen LogP contribution in [-0.4, -0.2) is 266 Å². The third-order valence-corrected chi connectivity index (χ3v) is 17.2. The van der Waals surface area contributed by atoms with Crippen molar-refractivity contribution in [2.24, 2.45) is 5.92 Å². The van der Waals surface area contributed by atoms with Gasteiger partial charge in [-0.3, -0.25) is 76.7 Å². The molecule has 1 aliphatic rings. The predicted octanol–water partition coefficient (Wildman–Crippen LogP) is -8.22. The molecule has 0 aromatic heterocycles. The zero-order valence-electron chi connectivity index (χ0n) is 57.8. The topological polar surface area (TPSA) is 584 Å². The van der Waals surface area contributed by atoms with Crippen LogP contribution < -0.4 is 85.1 Å². The molecule has 1 heterocycles. The molecular formula is C61H96N16O22S4. The Labute approximate surface area is 615 Å². The van der Waals surface area contributed by atoms with Crippen LogP contribution in [0.1, 0.15) is 93.1 Å². The summed E-state index contributed by atoms with van der Waals surface area (Å²) in [7, 11) is 0. The number of thiol groups is 4. The fraction of sp³-hybridized carbons (Fsp3) is 0.623. The van der Waals surface area contributed by atoms with Gasteiger partial charge in [-0.25, -0.2) is 4.79 Å². The number of rotatable bonds is 44. The third kappa shape index (κ3) is 31.4. The van der Waals surface area contributed by atoms with Gasteiger partial charge in [0.05, 0.1) is 31.3 Å². The Balaban J connectivity index is 2.16. The van der Waals surface area contributed by atoms with E-state index in [1.54, 1.807) is 13.8 Å². The highest BCUT2D eigenvalue weighted by molar-refractivity contribution is 7.80. The first-order chi connectivity index (χ1) is 48.3. The number of aliphatic hydroxyl groups excluding tert-OH is 2. The van der Waals surface area contributed by atoms with Crippen LogP contribution in [0, 0.1) is 5.92 Å². The van der Waals surface area contributed by atoms with E-state index < -0.39 is 235 Å². The second-order valence-electron chi connectivity index (χ2n) is 24.2. The Morgan fingerprint density at radius 3 is 1.28 bits per heavy atom. The van der Waals surface area contributed by atoms with Crippen molar-refractivity contribution in [3.05, 3.63) is 29.8 Å². The molecule has 21 N–H and O–H groups in total. The molecule has 576 valence electrons. The number of phenolic OH excluding ortho intramolecular Hbond substituents is 1. The molecule has 1 saturated heterocycles. The van der Waals surface area contributed by atoms with Crippen LogP contribution >= 0.6 is 50.5 Å². The van der Waals surface area contributed by atoms with E-state index in [4.69, 9.17) is 5.11 Å². The van der Waals surface area contributed by atoms with Gasteiger partial charge in [0.15, 0.2) is 0 Å². The summed E-state index contributed by atoms with van der Waals surface area (Å²) < 4.78 is 0. The summed E-state index contributed by atoms with van der Waals surface area (Å²) in [6.45, 7) is 9.75. The Morgan fingerprint density at radius 1 is 0.447 bits per heavy atom. The van der Waals surface area contributed by atoms with Crippen LogP contribution in [0.5, 0.6) is 5.75 Å². The highest BCUT2D eigenvalue weighted by atomic mass is 32.1. The van der Waals surface area contributed by atoms with Gasteiger partial charge >= 0.3 is 11.9 Å². The maximum Gasteiger partial charge on any atom is 0.327 e. The molecular weight excluding hydrogens is 1440 g/mol. The number of carboxylic acid groups (broad SMARTS) is 2. The van der Waals surface area contributed by atoms with Crippen LogP contribution in [0.2, 0.25) is 0 Å². The minimum Gasteiger partial charge on any atom is -0.508 e. The first-order valence-corrected chi connectivity index (χ1v) is 35.1.